The number of hydrogen-bond donors (Lipinski definition) is 0. The average molecular weight is 791 g/mol. The van der Waals surface area contributed by atoms with Gasteiger partial charge < -0.3 is 9.47 Å². The van der Waals surface area contributed by atoms with E-state index < -0.39 is 0 Å². The lowest BCUT2D eigenvalue weighted by Gasteiger charge is -2.26. The van der Waals surface area contributed by atoms with E-state index in [0.717, 1.165) is 22.7 Å². The van der Waals surface area contributed by atoms with E-state index in [0.29, 0.717) is 0 Å². The highest BCUT2D eigenvalue weighted by molar-refractivity contribution is 6.11. The lowest BCUT2D eigenvalue weighted by atomic mass is 9.98. The highest BCUT2D eigenvalue weighted by atomic mass is 15.1. The molecule has 0 fully saturated rings. The van der Waals surface area contributed by atoms with Gasteiger partial charge in [-0.1, -0.05) is 194 Å². The number of para-hydroxylation sites is 2. The van der Waals surface area contributed by atoms with Crippen LogP contribution in [0.15, 0.2) is 255 Å². The average Bonchev–Trinajstić information content (AvgIpc) is 3.69. The fourth-order valence-electron chi connectivity index (χ4n) is 8.94. The Morgan fingerprint density at radius 1 is 0.242 bits per heavy atom. The third kappa shape index (κ3) is 6.94. The molecule has 0 aliphatic heterocycles. The van der Waals surface area contributed by atoms with Crippen molar-refractivity contribution in [2.45, 2.75) is 0 Å². The van der Waals surface area contributed by atoms with Crippen LogP contribution in [0.2, 0.25) is 0 Å². The molecular formula is C60H42N2. The molecule has 0 aliphatic rings. The van der Waals surface area contributed by atoms with Gasteiger partial charge in [0.25, 0.3) is 0 Å². The molecule has 0 saturated carbocycles. The number of benzene rings is 10. The van der Waals surface area contributed by atoms with Gasteiger partial charge in [-0.3, -0.25) is 0 Å². The summed E-state index contributed by atoms with van der Waals surface area (Å²) in [5.74, 6) is 0. The second-order valence-corrected chi connectivity index (χ2v) is 15.8. The lowest BCUT2D eigenvalue weighted by molar-refractivity contribution is 1.18. The Hall–Kier alpha value is -8.20. The molecule has 0 amide bonds. The first-order valence-corrected chi connectivity index (χ1v) is 21.3. The van der Waals surface area contributed by atoms with Crippen molar-refractivity contribution in [3.8, 4) is 61.3 Å². The van der Waals surface area contributed by atoms with Gasteiger partial charge in [0.1, 0.15) is 0 Å². The van der Waals surface area contributed by atoms with Gasteiger partial charge in [0.05, 0.1) is 16.7 Å². The van der Waals surface area contributed by atoms with Crippen molar-refractivity contribution in [3.05, 3.63) is 255 Å². The van der Waals surface area contributed by atoms with E-state index in [9.17, 15) is 0 Å². The molecule has 292 valence electrons. The normalized spacial score (nSPS) is 11.2. The molecule has 1 heterocycles. The molecule has 1 aromatic heterocycles. The van der Waals surface area contributed by atoms with Gasteiger partial charge in [-0.15, -0.1) is 0 Å². The SMILES string of the molecule is c1ccc(-c2ccc(N(c3ccc(-c4ccc(-c5ccccc5-n5c6ccccc6c6cc(-c7ccccc7)ccc65)cc4)cc3)c3cccc(-c4ccccc4)c3)cc2)cc1. The third-order valence-corrected chi connectivity index (χ3v) is 12.0. The first kappa shape index (κ1) is 36.8. The minimum absolute atomic E-state index is 1.10. The first-order chi connectivity index (χ1) is 30.7. The number of nitrogens with zero attached hydrogens (tertiary/aromatic N) is 2. The number of fused-ring (bicyclic) bond motifs is 3. The topological polar surface area (TPSA) is 8.17 Å². The number of hydrogen-bond acceptors (Lipinski definition) is 1. The second kappa shape index (κ2) is 16.1. The molecule has 0 saturated heterocycles. The van der Waals surface area contributed by atoms with Crippen molar-refractivity contribution < 1.29 is 0 Å². The monoisotopic (exact) mass is 790 g/mol. The summed E-state index contributed by atoms with van der Waals surface area (Å²) in [6.45, 7) is 0. The van der Waals surface area contributed by atoms with E-state index in [4.69, 9.17) is 0 Å². The standard InChI is InChI=1S/C60H42N2/c1-4-15-43(16-5-1)47-31-36-52(37-32-47)61(54-22-14-21-50(41-54)44-17-6-2-7-18-44)53-38-33-48(34-39-53)46-27-29-49(30-28-46)55-23-10-12-25-58(55)62-59-26-13-11-24-56(59)57-42-51(35-40-60(57)62)45-19-8-3-9-20-45/h1-42H. The molecule has 0 unspecified atom stereocenters. The van der Waals surface area contributed by atoms with Crippen molar-refractivity contribution in [1.82, 2.24) is 4.57 Å². The molecule has 2 nitrogen and oxygen atoms in total. The summed E-state index contributed by atoms with van der Waals surface area (Å²) in [6, 6.07) is 91.9. The van der Waals surface area contributed by atoms with Crippen LogP contribution < -0.4 is 4.90 Å². The van der Waals surface area contributed by atoms with Gasteiger partial charge in [0.2, 0.25) is 0 Å². The summed E-state index contributed by atoms with van der Waals surface area (Å²) in [6.07, 6.45) is 0. The molecule has 0 spiro atoms. The van der Waals surface area contributed by atoms with Crippen molar-refractivity contribution in [1.29, 1.82) is 0 Å². The summed E-state index contributed by atoms with van der Waals surface area (Å²) in [5, 5.41) is 2.50. The van der Waals surface area contributed by atoms with Gasteiger partial charge in [-0.2, -0.15) is 0 Å². The van der Waals surface area contributed by atoms with Gasteiger partial charge >= 0.3 is 0 Å². The maximum absolute atomic E-state index is 2.43. The zero-order valence-corrected chi connectivity index (χ0v) is 34.1. The van der Waals surface area contributed by atoms with Gasteiger partial charge in [-0.05, 0) is 111 Å². The fourth-order valence-corrected chi connectivity index (χ4v) is 8.94. The molecule has 11 aromatic rings. The molecule has 2 heteroatoms. The predicted molar refractivity (Wildman–Crippen MR) is 263 cm³/mol. The van der Waals surface area contributed by atoms with E-state index in [2.05, 4.69) is 264 Å². The third-order valence-electron chi connectivity index (χ3n) is 12.0. The summed E-state index contributed by atoms with van der Waals surface area (Å²) in [4.78, 5) is 2.35. The molecule has 11 rings (SSSR count). The van der Waals surface area contributed by atoms with Crippen LogP contribution in [0.1, 0.15) is 0 Å². The second-order valence-electron chi connectivity index (χ2n) is 15.8. The molecule has 0 atom stereocenters. The predicted octanol–water partition coefficient (Wildman–Crippen LogP) is 16.6. The van der Waals surface area contributed by atoms with Crippen LogP contribution in [0.25, 0.3) is 83.1 Å². The molecule has 0 N–H and O–H groups in total. The van der Waals surface area contributed by atoms with Crippen LogP contribution in [-0.4, -0.2) is 4.57 Å². The summed E-state index contributed by atoms with van der Waals surface area (Å²) < 4.78 is 2.43. The molecule has 0 aliphatic carbocycles. The zero-order chi connectivity index (χ0) is 41.2. The van der Waals surface area contributed by atoms with E-state index >= 15 is 0 Å². The van der Waals surface area contributed by atoms with Crippen LogP contribution in [0, 0.1) is 0 Å². The summed E-state index contributed by atoms with van der Waals surface area (Å²) >= 11 is 0. The largest absolute Gasteiger partial charge is 0.310 e. The quantitative estimate of drug-likeness (QED) is 0.141. The van der Waals surface area contributed by atoms with Crippen LogP contribution in [0.5, 0.6) is 0 Å². The van der Waals surface area contributed by atoms with Gasteiger partial charge in [-0.25, -0.2) is 0 Å². The zero-order valence-electron chi connectivity index (χ0n) is 34.1. The summed E-state index contributed by atoms with van der Waals surface area (Å²) in [5.41, 5.74) is 18.8. The van der Waals surface area contributed by atoms with Gasteiger partial charge in [0, 0.05) is 33.4 Å². The molecule has 10 aromatic carbocycles. The van der Waals surface area contributed by atoms with Crippen LogP contribution in [0.3, 0.4) is 0 Å². The Bertz CT molecular complexity index is 3290. The fraction of sp³-hybridized carbons (Fsp3) is 0. The molecule has 62 heavy (non-hydrogen) atoms. The lowest BCUT2D eigenvalue weighted by Crippen LogP contribution is -2.10. The van der Waals surface area contributed by atoms with Crippen molar-refractivity contribution >= 4 is 38.9 Å². The minimum Gasteiger partial charge on any atom is -0.310 e. The van der Waals surface area contributed by atoms with Crippen molar-refractivity contribution in [2.24, 2.45) is 0 Å². The number of anilines is 3. The number of rotatable bonds is 9. The highest BCUT2D eigenvalue weighted by Gasteiger charge is 2.18. The summed E-state index contributed by atoms with van der Waals surface area (Å²) in [7, 11) is 0. The van der Waals surface area contributed by atoms with Crippen LogP contribution in [0.4, 0.5) is 17.1 Å². The maximum atomic E-state index is 2.43. The Balaban J connectivity index is 0.931. The molecule has 0 bridgehead atoms. The molecule has 0 radical (unpaired) electrons. The minimum atomic E-state index is 1.10. The van der Waals surface area contributed by atoms with E-state index in [1.807, 2.05) is 0 Å². The Labute approximate surface area is 362 Å². The van der Waals surface area contributed by atoms with Crippen molar-refractivity contribution in [2.75, 3.05) is 4.90 Å². The van der Waals surface area contributed by atoms with E-state index in [-0.39, 0.29) is 0 Å². The van der Waals surface area contributed by atoms with E-state index in [1.165, 1.54) is 77.4 Å². The number of aromatic nitrogens is 1. The molecular weight excluding hydrogens is 749 g/mol. The first-order valence-electron chi connectivity index (χ1n) is 21.3. The smallest absolute Gasteiger partial charge is 0.0541 e. The Morgan fingerprint density at radius 3 is 1.27 bits per heavy atom. The van der Waals surface area contributed by atoms with Crippen molar-refractivity contribution in [3.63, 3.8) is 0 Å². The Morgan fingerprint density at radius 2 is 0.661 bits per heavy atom. The maximum Gasteiger partial charge on any atom is 0.0541 e. The Kier molecular flexibility index (Phi) is 9.57. The van der Waals surface area contributed by atoms with Crippen LogP contribution >= 0.6 is 0 Å². The highest BCUT2D eigenvalue weighted by Crippen LogP contribution is 2.40. The van der Waals surface area contributed by atoms with Gasteiger partial charge in [0.15, 0.2) is 0 Å². The van der Waals surface area contributed by atoms with E-state index in [1.54, 1.807) is 0 Å². The van der Waals surface area contributed by atoms with Crippen LogP contribution in [-0.2, 0) is 0 Å².